The second kappa shape index (κ2) is 8.45. The van der Waals surface area contributed by atoms with Crippen molar-refractivity contribution in [1.82, 2.24) is 10.6 Å². The molecule has 3 nitrogen and oxygen atoms in total. The average molecular weight is 385 g/mol. The normalized spacial score (nSPS) is 23.6. The summed E-state index contributed by atoms with van der Waals surface area (Å²) in [5.41, 5.74) is 2.39. The molecule has 3 unspecified atom stereocenters. The molecule has 3 atom stereocenters. The maximum absolute atomic E-state index is 13.1. The maximum atomic E-state index is 13.1. The van der Waals surface area contributed by atoms with Crippen LogP contribution in [-0.4, -0.2) is 18.0 Å². The van der Waals surface area contributed by atoms with E-state index in [9.17, 15) is 4.79 Å². The number of halogens is 1. The molecule has 0 saturated carbocycles. The number of rotatable bonds is 5. The Labute approximate surface area is 167 Å². The summed E-state index contributed by atoms with van der Waals surface area (Å²) in [4.78, 5) is 13.1. The molecule has 1 saturated heterocycles. The minimum Gasteiger partial charge on any atom is -0.343 e. The van der Waals surface area contributed by atoms with Crippen LogP contribution in [0.15, 0.2) is 48.5 Å². The van der Waals surface area contributed by atoms with E-state index in [4.69, 9.17) is 11.6 Å². The van der Waals surface area contributed by atoms with Gasteiger partial charge in [-0.25, -0.2) is 0 Å². The average Bonchev–Trinajstić information content (AvgIpc) is 2.69. The lowest BCUT2D eigenvalue weighted by atomic mass is 9.77. The lowest BCUT2D eigenvalue weighted by molar-refractivity contribution is 0.0877. The highest BCUT2D eigenvalue weighted by atomic mass is 35.5. The number of nitrogens with one attached hydrogen (secondary N) is 2. The molecule has 1 aliphatic rings. The number of carbonyl (C=O) groups excluding carboxylic acids is 1. The first kappa shape index (κ1) is 19.9. The highest BCUT2D eigenvalue weighted by Crippen LogP contribution is 2.35. The third-order valence-corrected chi connectivity index (χ3v) is 6.41. The van der Waals surface area contributed by atoms with Crippen LogP contribution in [0.5, 0.6) is 0 Å². The Morgan fingerprint density at radius 1 is 1.26 bits per heavy atom. The van der Waals surface area contributed by atoms with Gasteiger partial charge in [0, 0.05) is 16.1 Å². The van der Waals surface area contributed by atoms with Gasteiger partial charge in [-0.05, 0) is 62.4 Å². The highest BCUT2D eigenvalue weighted by molar-refractivity contribution is 6.31. The fraction of sp³-hybridized carbons (Fsp3) is 0.435. The van der Waals surface area contributed by atoms with Crippen LogP contribution >= 0.6 is 11.6 Å². The van der Waals surface area contributed by atoms with E-state index in [2.05, 4.69) is 36.6 Å². The summed E-state index contributed by atoms with van der Waals surface area (Å²) in [7, 11) is 0. The zero-order chi connectivity index (χ0) is 19.4. The fourth-order valence-corrected chi connectivity index (χ4v) is 4.16. The molecule has 1 fully saturated rings. The molecule has 2 aromatic carbocycles. The molecular weight excluding hydrogens is 356 g/mol. The number of hydrogen-bond acceptors (Lipinski definition) is 2. The van der Waals surface area contributed by atoms with E-state index in [1.807, 2.05) is 43.3 Å². The standard InChI is InChI=1S/C23H29ClN2O/c1-4-17-13-14-23(3,25-15-17)21(18-9-6-5-7-10-18)26-22(27)19-11-8-12-20(24)16(19)2/h5-12,17,21,25H,4,13-15H2,1-3H3,(H,26,27). The van der Waals surface area contributed by atoms with Crippen LogP contribution in [0, 0.1) is 12.8 Å². The Morgan fingerprint density at radius 2 is 2.00 bits per heavy atom. The Morgan fingerprint density at radius 3 is 2.63 bits per heavy atom. The van der Waals surface area contributed by atoms with Crippen LogP contribution in [-0.2, 0) is 0 Å². The van der Waals surface area contributed by atoms with Crippen molar-refractivity contribution in [2.45, 2.75) is 51.6 Å². The quantitative estimate of drug-likeness (QED) is 0.735. The summed E-state index contributed by atoms with van der Waals surface area (Å²) in [5.74, 6) is 0.630. The van der Waals surface area contributed by atoms with Crippen molar-refractivity contribution in [3.8, 4) is 0 Å². The Balaban J connectivity index is 1.89. The molecule has 3 rings (SSSR count). The molecule has 0 radical (unpaired) electrons. The summed E-state index contributed by atoms with van der Waals surface area (Å²) < 4.78 is 0. The van der Waals surface area contributed by atoms with Crippen LogP contribution in [0.25, 0.3) is 0 Å². The maximum Gasteiger partial charge on any atom is 0.252 e. The van der Waals surface area contributed by atoms with E-state index in [1.54, 1.807) is 0 Å². The van der Waals surface area contributed by atoms with Gasteiger partial charge in [0.25, 0.3) is 5.91 Å². The largest absolute Gasteiger partial charge is 0.343 e. The summed E-state index contributed by atoms with van der Waals surface area (Å²) in [6, 6.07) is 15.6. The summed E-state index contributed by atoms with van der Waals surface area (Å²) in [6.07, 6.45) is 3.39. The summed E-state index contributed by atoms with van der Waals surface area (Å²) in [6.45, 7) is 7.35. The molecule has 1 heterocycles. The molecule has 1 aliphatic heterocycles. The molecule has 4 heteroatoms. The lowest BCUT2D eigenvalue weighted by Crippen LogP contribution is -2.57. The topological polar surface area (TPSA) is 41.1 Å². The third kappa shape index (κ3) is 4.36. The summed E-state index contributed by atoms with van der Waals surface area (Å²) >= 11 is 6.23. The van der Waals surface area contributed by atoms with Gasteiger partial charge in [0.05, 0.1) is 6.04 Å². The van der Waals surface area contributed by atoms with Crippen LogP contribution in [0.2, 0.25) is 5.02 Å². The minimum absolute atomic E-state index is 0.0792. The van der Waals surface area contributed by atoms with Crippen molar-refractivity contribution in [3.05, 3.63) is 70.2 Å². The lowest BCUT2D eigenvalue weighted by Gasteiger charge is -2.44. The number of hydrogen-bond donors (Lipinski definition) is 2. The molecule has 2 N–H and O–H groups in total. The van der Waals surface area contributed by atoms with Gasteiger partial charge >= 0.3 is 0 Å². The number of piperidine rings is 1. The van der Waals surface area contributed by atoms with Crippen molar-refractivity contribution in [1.29, 1.82) is 0 Å². The molecule has 27 heavy (non-hydrogen) atoms. The van der Waals surface area contributed by atoms with Gasteiger partial charge in [-0.3, -0.25) is 4.79 Å². The molecule has 144 valence electrons. The van der Waals surface area contributed by atoms with Gasteiger partial charge in [0.2, 0.25) is 0 Å². The molecule has 1 amide bonds. The van der Waals surface area contributed by atoms with Crippen molar-refractivity contribution in [3.63, 3.8) is 0 Å². The molecular formula is C23H29ClN2O. The first-order valence-corrected chi connectivity index (χ1v) is 10.2. The Kier molecular flexibility index (Phi) is 6.23. The minimum atomic E-state index is -0.185. The van der Waals surface area contributed by atoms with Crippen molar-refractivity contribution >= 4 is 17.5 Å². The Hall–Kier alpha value is -1.84. The Bertz CT molecular complexity index is 782. The van der Waals surface area contributed by atoms with Gasteiger partial charge in [0.15, 0.2) is 0 Å². The van der Waals surface area contributed by atoms with Gasteiger partial charge in [-0.2, -0.15) is 0 Å². The van der Waals surface area contributed by atoms with Crippen molar-refractivity contribution < 1.29 is 4.79 Å². The van der Waals surface area contributed by atoms with Gasteiger partial charge < -0.3 is 10.6 Å². The predicted octanol–water partition coefficient (Wildman–Crippen LogP) is 5.29. The molecule has 0 bridgehead atoms. The number of carbonyl (C=O) groups is 1. The van der Waals surface area contributed by atoms with Gasteiger partial charge in [0.1, 0.15) is 0 Å². The van der Waals surface area contributed by atoms with E-state index in [-0.39, 0.29) is 17.5 Å². The van der Waals surface area contributed by atoms with Gasteiger partial charge in [-0.15, -0.1) is 0 Å². The predicted molar refractivity (Wildman–Crippen MR) is 112 cm³/mol. The van der Waals surface area contributed by atoms with E-state index < -0.39 is 0 Å². The van der Waals surface area contributed by atoms with E-state index in [1.165, 1.54) is 12.8 Å². The molecule has 0 aliphatic carbocycles. The van der Waals surface area contributed by atoms with Crippen molar-refractivity contribution in [2.24, 2.45) is 5.92 Å². The van der Waals surface area contributed by atoms with E-state index >= 15 is 0 Å². The fourth-order valence-electron chi connectivity index (χ4n) is 3.99. The number of benzene rings is 2. The first-order chi connectivity index (χ1) is 12.9. The van der Waals surface area contributed by atoms with Gasteiger partial charge in [-0.1, -0.05) is 61.3 Å². The third-order valence-electron chi connectivity index (χ3n) is 6.00. The zero-order valence-corrected chi connectivity index (χ0v) is 17.1. The van der Waals surface area contributed by atoms with E-state index in [0.717, 1.165) is 24.1 Å². The highest BCUT2D eigenvalue weighted by Gasteiger charge is 2.39. The second-order valence-corrected chi connectivity index (χ2v) is 8.25. The van der Waals surface area contributed by atoms with Crippen LogP contribution in [0.1, 0.15) is 60.6 Å². The second-order valence-electron chi connectivity index (χ2n) is 7.84. The molecule has 0 aromatic heterocycles. The molecule has 2 aromatic rings. The first-order valence-electron chi connectivity index (χ1n) is 9.80. The zero-order valence-electron chi connectivity index (χ0n) is 16.4. The monoisotopic (exact) mass is 384 g/mol. The summed E-state index contributed by atoms with van der Waals surface area (Å²) in [5, 5.41) is 7.66. The van der Waals surface area contributed by atoms with Crippen molar-refractivity contribution in [2.75, 3.05) is 6.54 Å². The SMILES string of the molecule is CCC1CCC(C)(C(NC(=O)c2cccc(Cl)c2C)c2ccccc2)NC1. The van der Waals surface area contributed by atoms with Crippen LogP contribution < -0.4 is 10.6 Å². The number of amides is 1. The van der Waals surface area contributed by atoms with Crippen LogP contribution in [0.4, 0.5) is 0 Å². The smallest absolute Gasteiger partial charge is 0.252 e. The van der Waals surface area contributed by atoms with E-state index in [0.29, 0.717) is 16.5 Å². The van der Waals surface area contributed by atoms with Crippen LogP contribution in [0.3, 0.4) is 0 Å². The molecule has 0 spiro atoms.